The lowest BCUT2D eigenvalue weighted by Crippen LogP contribution is -2.37. The van der Waals surface area contributed by atoms with Crippen LogP contribution in [0.3, 0.4) is 0 Å². The van der Waals surface area contributed by atoms with Gasteiger partial charge in [0, 0.05) is 5.56 Å². The first kappa shape index (κ1) is 9.21. The van der Waals surface area contributed by atoms with E-state index in [1.54, 1.807) is 30.3 Å². The third-order valence-electron chi connectivity index (χ3n) is 1.36. The Morgan fingerprint density at radius 2 is 1.77 bits per heavy atom. The van der Waals surface area contributed by atoms with Crippen LogP contribution < -0.4 is 10.8 Å². The standard InChI is InChI=1S/C8H8N2O3/c11-7(9-8(12)10-13)6-4-2-1-3-5-6/h1-5,13H,(H2,9,10,11,12). The zero-order chi connectivity index (χ0) is 9.68. The van der Waals surface area contributed by atoms with Crippen molar-refractivity contribution in [2.75, 3.05) is 0 Å². The summed E-state index contributed by atoms with van der Waals surface area (Å²) in [6, 6.07) is 7.26. The van der Waals surface area contributed by atoms with Gasteiger partial charge < -0.3 is 0 Å². The van der Waals surface area contributed by atoms with Crippen LogP contribution in [0.15, 0.2) is 30.3 Å². The third kappa shape index (κ3) is 2.57. The van der Waals surface area contributed by atoms with Gasteiger partial charge in [0.2, 0.25) is 0 Å². The number of carbonyl (C=O) groups is 2. The van der Waals surface area contributed by atoms with Crippen molar-refractivity contribution in [3.05, 3.63) is 35.9 Å². The second-order valence-electron chi connectivity index (χ2n) is 2.26. The average Bonchev–Trinajstić information content (AvgIpc) is 2.19. The molecule has 0 aliphatic rings. The lowest BCUT2D eigenvalue weighted by molar-refractivity contribution is 0.0944. The molecular weight excluding hydrogens is 172 g/mol. The molecule has 0 aliphatic carbocycles. The molecular formula is C8H8N2O3. The van der Waals surface area contributed by atoms with Gasteiger partial charge in [-0.25, -0.2) is 10.3 Å². The van der Waals surface area contributed by atoms with Gasteiger partial charge in [-0.15, -0.1) is 0 Å². The van der Waals surface area contributed by atoms with Gasteiger partial charge in [-0.05, 0) is 12.1 Å². The van der Waals surface area contributed by atoms with Crippen LogP contribution in [0.4, 0.5) is 4.79 Å². The Morgan fingerprint density at radius 1 is 1.15 bits per heavy atom. The highest BCUT2D eigenvalue weighted by molar-refractivity contribution is 6.03. The van der Waals surface area contributed by atoms with Crippen LogP contribution in [0.1, 0.15) is 10.4 Å². The van der Waals surface area contributed by atoms with E-state index in [0.717, 1.165) is 0 Å². The fraction of sp³-hybridized carbons (Fsp3) is 0. The van der Waals surface area contributed by atoms with Crippen molar-refractivity contribution in [1.82, 2.24) is 10.8 Å². The normalized spacial score (nSPS) is 9.00. The summed E-state index contributed by atoms with van der Waals surface area (Å²) in [5.41, 5.74) is 1.65. The van der Waals surface area contributed by atoms with Crippen molar-refractivity contribution < 1.29 is 14.8 Å². The van der Waals surface area contributed by atoms with Gasteiger partial charge in [-0.2, -0.15) is 0 Å². The second-order valence-corrected chi connectivity index (χ2v) is 2.26. The van der Waals surface area contributed by atoms with Crippen LogP contribution in [0.25, 0.3) is 0 Å². The van der Waals surface area contributed by atoms with Crippen molar-refractivity contribution in [1.29, 1.82) is 0 Å². The van der Waals surface area contributed by atoms with Gasteiger partial charge in [-0.3, -0.25) is 15.3 Å². The number of carbonyl (C=O) groups excluding carboxylic acids is 2. The first-order valence-corrected chi connectivity index (χ1v) is 3.54. The number of benzene rings is 1. The molecule has 5 nitrogen and oxygen atoms in total. The number of hydrogen-bond donors (Lipinski definition) is 3. The van der Waals surface area contributed by atoms with Crippen LogP contribution in [0.2, 0.25) is 0 Å². The summed E-state index contributed by atoms with van der Waals surface area (Å²) in [6.07, 6.45) is 0. The molecule has 0 radical (unpaired) electrons. The van der Waals surface area contributed by atoms with Crippen molar-refractivity contribution in [2.45, 2.75) is 0 Å². The number of nitrogens with one attached hydrogen (secondary N) is 2. The van der Waals surface area contributed by atoms with E-state index in [9.17, 15) is 9.59 Å². The minimum absolute atomic E-state index is 0.353. The van der Waals surface area contributed by atoms with Crippen molar-refractivity contribution in [3.63, 3.8) is 0 Å². The topological polar surface area (TPSA) is 78.4 Å². The second kappa shape index (κ2) is 4.22. The number of hydrogen-bond acceptors (Lipinski definition) is 3. The van der Waals surface area contributed by atoms with E-state index in [-0.39, 0.29) is 0 Å². The Kier molecular flexibility index (Phi) is 2.99. The number of urea groups is 1. The van der Waals surface area contributed by atoms with Crippen LogP contribution in [-0.4, -0.2) is 17.1 Å². The Bertz CT molecular complexity index is 310. The average molecular weight is 180 g/mol. The van der Waals surface area contributed by atoms with Crippen LogP contribution >= 0.6 is 0 Å². The quantitative estimate of drug-likeness (QED) is 0.435. The molecule has 0 aliphatic heterocycles. The highest BCUT2D eigenvalue weighted by atomic mass is 16.5. The predicted octanol–water partition coefficient (Wildman–Crippen LogP) is 0.515. The van der Waals surface area contributed by atoms with E-state index in [4.69, 9.17) is 5.21 Å². The molecule has 0 heterocycles. The molecule has 0 unspecified atom stereocenters. The highest BCUT2D eigenvalue weighted by Gasteiger charge is 2.07. The lowest BCUT2D eigenvalue weighted by atomic mass is 10.2. The molecule has 0 fully saturated rings. The zero-order valence-electron chi connectivity index (χ0n) is 6.65. The maximum absolute atomic E-state index is 11.1. The molecule has 1 aromatic carbocycles. The van der Waals surface area contributed by atoms with E-state index in [1.165, 1.54) is 5.48 Å². The van der Waals surface area contributed by atoms with E-state index in [0.29, 0.717) is 5.56 Å². The summed E-state index contributed by atoms with van der Waals surface area (Å²) in [5, 5.41) is 10.0. The zero-order valence-corrected chi connectivity index (χ0v) is 6.65. The highest BCUT2D eigenvalue weighted by Crippen LogP contribution is 1.96. The van der Waals surface area contributed by atoms with E-state index < -0.39 is 11.9 Å². The Balaban J connectivity index is 2.65. The van der Waals surface area contributed by atoms with Gasteiger partial charge in [0.25, 0.3) is 5.91 Å². The number of imide groups is 1. The first-order valence-electron chi connectivity index (χ1n) is 3.54. The number of amides is 3. The van der Waals surface area contributed by atoms with E-state index in [1.807, 2.05) is 5.32 Å². The molecule has 13 heavy (non-hydrogen) atoms. The Hall–Kier alpha value is -1.88. The van der Waals surface area contributed by atoms with Gasteiger partial charge in [0.1, 0.15) is 0 Å². The molecule has 0 spiro atoms. The van der Waals surface area contributed by atoms with E-state index in [2.05, 4.69) is 0 Å². The summed E-state index contributed by atoms with van der Waals surface area (Å²) in [6.45, 7) is 0. The van der Waals surface area contributed by atoms with Gasteiger partial charge in [0.15, 0.2) is 0 Å². The summed E-state index contributed by atoms with van der Waals surface area (Å²) in [4.78, 5) is 21.6. The SMILES string of the molecule is O=C(NO)NC(=O)c1ccccc1. The molecule has 0 bridgehead atoms. The number of hydroxylamine groups is 1. The molecule has 3 amide bonds. The molecule has 0 aromatic heterocycles. The summed E-state index contributed by atoms with van der Waals surface area (Å²) >= 11 is 0. The molecule has 5 heteroatoms. The molecule has 1 rings (SSSR count). The molecule has 0 saturated carbocycles. The molecule has 68 valence electrons. The largest absolute Gasteiger partial charge is 0.345 e. The smallest absolute Gasteiger partial charge is 0.287 e. The number of rotatable bonds is 1. The van der Waals surface area contributed by atoms with E-state index >= 15 is 0 Å². The summed E-state index contributed by atoms with van der Waals surface area (Å²) in [5.74, 6) is -0.563. The molecule has 3 N–H and O–H groups in total. The predicted molar refractivity (Wildman–Crippen MR) is 44.2 cm³/mol. The summed E-state index contributed by atoms with van der Waals surface area (Å²) < 4.78 is 0. The van der Waals surface area contributed by atoms with Crippen molar-refractivity contribution in [3.8, 4) is 0 Å². The van der Waals surface area contributed by atoms with Crippen molar-refractivity contribution >= 4 is 11.9 Å². The Labute approximate surface area is 74.3 Å². The monoisotopic (exact) mass is 180 g/mol. The maximum Gasteiger partial charge on any atom is 0.345 e. The Morgan fingerprint density at radius 3 is 2.31 bits per heavy atom. The molecule has 0 saturated heterocycles. The minimum atomic E-state index is -0.950. The van der Waals surface area contributed by atoms with Crippen LogP contribution in [0, 0.1) is 0 Å². The van der Waals surface area contributed by atoms with Crippen molar-refractivity contribution in [2.24, 2.45) is 0 Å². The molecule has 1 aromatic rings. The van der Waals surface area contributed by atoms with Gasteiger partial charge >= 0.3 is 6.03 Å². The fourth-order valence-corrected chi connectivity index (χ4v) is 0.793. The maximum atomic E-state index is 11.1. The van der Waals surface area contributed by atoms with Crippen LogP contribution in [-0.2, 0) is 0 Å². The lowest BCUT2D eigenvalue weighted by Gasteiger charge is -2.01. The fourth-order valence-electron chi connectivity index (χ4n) is 0.793. The third-order valence-corrected chi connectivity index (χ3v) is 1.36. The first-order chi connectivity index (χ1) is 6.24. The van der Waals surface area contributed by atoms with Crippen LogP contribution in [0.5, 0.6) is 0 Å². The summed E-state index contributed by atoms with van der Waals surface area (Å²) in [7, 11) is 0. The molecule has 0 atom stereocenters. The van der Waals surface area contributed by atoms with Gasteiger partial charge in [0.05, 0.1) is 0 Å². The van der Waals surface area contributed by atoms with Gasteiger partial charge in [-0.1, -0.05) is 18.2 Å². The minimum Gasteiger partial charge on any atom is -0.287 e.